The van der Waals surface area contributed by atoms with Crippen LogP contribution in [0.5, 0.6) is 0 Å². The van der Waals surface area contributed by atoms with Gasteiger partial charge in [0.1, 0.15) is 35.6 Å². The van der Waals surface area contributed by atoms with Gasteiger partial charge in [-0.25, -0.2) is 18.0 Å². The van der Waals surface area contributed by atoms with E-state index < -0.39 is 77.4 Å². The predicted octanol–water partition coefficient (Wildman–Crippen LogP) is 5.37. The predicted molar refractivity (Wildman–Crippen MR) is 164 cm³/mol. The molecule has 3 unspecified atom stereocenters. The van der Waals surface area contributed by atoms with E-state index in [1.165, 1.54) is 24.4 Å². The van der Waals surface area contributed by atoms with Gasteiger partial charge in [0.2, 0.25) is 11.8 Å². The van der Waals surface area contributed by atoms with Crippen molar-refractivity contribution in [3.63, 3.8) is 0 Å². The van der Waals surface area contributed by atoms with Crippen LogP contribution >= 0.6 is 0 Å². The maximum absolute atomic E-state index is 14.4. The van der Waals surface area contributed by atoms with Gasteiger partial charge in [0.15, 0.2) is 5.69 Å². The maximum atomic E-state index is 14.4. The van der Waals surface area contributed by atoms with Crippen LogP contribution in [-0.2, 0) is 39.9 Å². The molecule has 0 radical (unpaired) electrons. The highest BCUT2D eigenvalue weighted by atomic mass is 19.4. The quantitative estimate of drug-likeness (QED) is 0.306. The summed E-state index contributed by atoms with van der Waals surface area (Å²) in [7, 11) is 0. The number of amides is 3. The minimum Gasteiger partial charge on any atom is -0.443 e. The Hall–Kier alpha value is -5.15. The first-order valence-corrected chi connectivity index (χ1v) is 15.1. The molecule has 3 heterocycles. The second-order valence-corrected chi connectivity index (χ2v) is 12.6. The number of benzene rings is 1. The third-order valence-electron chi connectivity index (χ3n) is 7.72. The Labute approximate surface area is 276 Å². The lowest BCUT2D eigenvalue weighted by Gasteiger charge is -2.24. The zero-order chi connectivity index (χ0) is 35.8. The van der Waals surface area contributed by atoms with E-state index in [1.807, 2.05) is 0 Å². The number of alkyl halides is 4. The van der Waals surface area contributed by atoms with Gasteiger partial charge in [-0.3, -0.25) is 24.2 Å². The van der Waals surface area contributed by atoms with Gasteiger partial charge < -0.3 is 15.8 Å². The lowest BCUT2D eigenvalue weighted by Crippen LogP contribution is -2.36. The molecule has 49 heavy (non-hydrogen) atoms. The molecule has 3 atom stereocenters. The summed E-state index contributed by atoms with van der Waals surface area (Å²) in [6.45, 7) is 3.82. The van der Waals surface area contributed by atoms with Crippen molar-refractivity contribution in [2.45, 2.75) is 64.1 Å². The van der Waals surface area contributed by atoms with Crippen LogP contribution in [0.15, 0.2) is 54.8 Å². The summed E-state index contributed by atoms with van der Waals surface area (Å²) >= 11 is 0. The normalized spacial score (nSPS) is 18.1. The number of pyridine rings is 1. The van der Waals surface area contributed by atoms with Crippen LogP contribution in [0.3, 0.4) is 0 Å². The van der Waals surface area contributed by atoms with Gasteiger partial charge in [-0.05, 0) is 62.6 Å². The molecule has 0 saturated carbocycles. The number of nitrogens with two attached hydrogens (primary N) is 1. The van der Waals surface area contributed by atoms with Gasteiger partial charge in [0, 0.05) is 30.8 Å². The van der Waals surface area contributed by atoms with Crippen molar-refractivity contribution in [3.8, 4) is 0 Å². The number of anilines is 1. The molecule has 16 heteroatoms. The molecule has 3 aromatic rings. The fraction of sp³-hybridized carbons (Fsp3) is 0.364. The summed E-state index contributed by atoms with van der Waals surface area (Å²) in [4.78, 5) is 43.5. The molecule has 10 nitrogen and oxygen atoms in total. The zero-order valence-electron chi connectivity index (χ0n) is 26.5. The number of fused-ring (bicyclic) bond motifs is 1. The van der Waals surface area contributed by atoms with Gasteiger partial charge in [-0.1, -0.05) is 18.2 Å². The van der Waals surface area contributed by atoms with E-state index in [2.05, 4.69) is 15.4 Å². The number of nitrogens with zero attached hydrogens (tertiary/aromatic N) is 4. The average molecular weight is 691 g/mol. The van der Waals surface area contributed by atoms with E-state index in [1.54, 1.807) is 26.8 Å². The zero-order valence-corrected chi connectivity index (χ0v) is 26.5. The first-order valence-electron chi connectivity index (χ1n) is 15.1. The van der Waals surface area contributed by atoms with Crippen LogP contribution < -0.4 is 16.0 Å². The highest BCUT2D eigenvalue weighted by molar-refractivity contribution is 5.91. The Balaban J connectivity index is 1.50. The minimum absolute atomic E-state index is 0.0219. The summed E-state index contributed by atoms with van der Waals surface area (Å²) in [5.74, 6) is -4.85. The third kappa shape index (κ3) is 7.95. The molecule has 260 valence electrons. The Bertz CT molecular complexity index is 1830. The van der Waals surface area contributed by atoms with Crippen LogP contribution in [0.2, 0.25) is 0 Å². The fourth-order valence-electron chi connectivity index (χ4n) is 5.74. The molecule has 0 fully saturated rings. The number of ether oxygens (including phenoxy) is 1. The standard InChI is InChI=1S/C33H32F6N6O4/c1-32(2,3)49-31(48)44-10-8-25-28(44)29(33(37,38)39)43-45(25)16-26(46)42-24(13-17-11-19(34)15-20(35)12-17)27-21(5-4-9-41-27)18-6-7-23(36)22(14-18)30(40)47/h4-7,9,11-12,14-15,22-24H,8,10,13,16H2,1-3H3,(H2,40,47)(H,42,46). The Morgan fingerprint density at radius 1 is 1.12 bits per heavy atom. The molecular weight excluding hydrogens is 658 g/mol. The number of carbonyl (C=O) groups is 3. The van der Waals surface area contributed by atoms with Crippen molar-refractivity contribution >= 4 is 29.2 Å². The number of aromatic nitrogens is 3. The molecule has 1 aromatic carbocycles. The van der Waals surface area contributed by atoms with Crippen molar-refractivity contribution in [1.82, 2.24) is 20.1 Å². The number of hydrogen-bond donors (Lipinski definition) is 2. The van der Waals surface area contributed by atoms with Gasteiger partial charge >= 0.3 is 12.3 Å². The highest BCUT2D eigenvalue weighted by Gasteiger charge is 2.45. The number of halogens is 6. The Kier molecular flexibility index (Phi) is 9.61. The molecule has 3 N–H and O–H groups in total. The largest absolute Gasteiger partial charge is 0.443 e. The fourth-order valence-corrected chi connectivity index (χ4v) is 5.74. The van der Waals surface area contributed by atoms with E-state index >= 15 is 0 Å². The minimum atomic E-state index is -4.98. The van der Waals surface area contributed by atoms with Crippen molar-refractivity contribution in [3.05, 3.63) is 94.6 Å². The van der Waals surface area contributed by atoms with Crippen LogP contribution in [-0.4, -0.2) is 51.0 Å². The first-order chi connectivity index (χ1) is 22.9. The number of hydrogen-bond acceptors (Lipinski definition) is 6. The Morgan fingerprint density at radius 3 is 2.45 bits per heavy atom. The van der Waals surface area contributed by atoms with E-state index in [0.29, 0.717) is 17.2 Å². The van der Waals surface area contributed by atoms with Crippen molar-refractivity contribution in [2.75, 3.05) is 11.4 Å². The SMILES string of the molecule is CC(C)(C)OC(=O)N1CCc2c1c(C(F)(F)F)nn2CC(=O)NC(Cc1cc(F)cc(F)c1)c1ncccc1C1=CC(C(N)=O)C(F)C=C1. The van der Waals surface area contributed by atoms with Gasteiger partial charge in [-0.2, -0.15) is 18.3 Å². The van der Waals surface area contributed by atoms with Crippen molar-refractivity contribution in [1.29, 1.82) is 0 Å². The van der Waals surface area contributed by atoms with Gasteiger partial charge in [-0.15, -0.1) is 0 Å². The number of allylic oxidation sites excluding steroid dienone is 3. The van der Waals surface area contributed by atoms with E-state index in [0.717, 1.165) is 27.8 Å². The smallest absolute Gasteiger partial charge is 0.437 e. The number of carbonyl (C=O) groups excluding carboxylic acids is 3. The summed E-state index contributed by atoms with van der Waals surface area (Å²) < 4.78 is 91.3. The monoisotopic (exact) mass is 690 g/mol. The highest BCUT2D eigenvalue weighted by Crippen LogP contribution is 2.42. The summed E-state index contributed by atoms with van der Waals surface area (Å²) in [5, 5.41) is 6.34. The lowest BCUT2D eigenvalue weighted by molar-refractivity contribution is -0.141. The Morgan fingerprint density at radius 2 is 1.82 bits per heavy atom. The first kappa shape index (κ1) is 35.2. The molecule has 0 bridgehead atoms. The second kappa shape index (κ2) is 13.4. The molecule has 2 aromatic heterocycles. The van der Waals surface area contributed by atoms with Crippen molar-refractivity contribution < 1.29 is 45.5 Å². The van der Waals surface area contributed by atoms with Crippen LogP contribution in [0.1, 0.15) is 55.0 Å². The molecule has 3 amide bonds. The summed E-state index contributed by atoms with van der Waals surface area (Å²) in [6.07, 6.45) is -2.75. The van der Waals surface area contributed by atoms with E-state index in [-0.39, 0.29) is 36.3 Å². The molecule has 5 rings (SSSR count). The second-order valence-electron chi connectivity index (χ2n) is 12.6. The van der Waals surface area contributed by atoms with Gasteiger partial charge in [0.05, 0.1) is 23.3 Å². The van der Waals surface area contributed by atoms with E-state index in [9.17, 15) is 40.7 Å². The molecule has 0 spiro atoms. The summed E-state index contributed by atoms with van der Waals surface area (Å²) in [6, 6.07) is 4.72. The summed E-state index contributed by atoms with van der Waals surface area (Å²) in [5.41, 5.74) is 3.39. The average Bonchev–Trinajstić information content (AvgIpc) is 3.57. The number of rotatable bonds is 8. The maximum Gasteiger partial charge on any atom is 0.437 e. The topological polar surface area (TPSA) is 132 Å². The molecule has 2 aliphatic rings. The molecule has 1 aliphatic carbocycles. The van der Waals surface area contributed by atoms with Crippen molar-refractivity contribution in [2.24, 2.45) is 11.7 Å². The lowest BCUT2D eigenvalue weighted by atomic mass is 9.88. The molecule has 1 aliphatic heterocycles. The van der Waals surface area contributed by atoms with Crippen LogP contribution in [0.25, 0.3) is 5.57 Å². The molecule has 0 saturated heterocycles. The van der Waals surface area contributed by atoms with E-state index in [4.69, 9.17) is 10.5 Å². The van der Waals surface area contributed by atoms with Gasteiger partial charge in [0.25, 0.3) is 0 Å². The number of nitrogens with one attached hydrogen (secondary N) is 1. The molecular formula is C33H32F6N6O4. The number of primary amides is 1. The van der Waals surface area contributed by atoms with Crippen LogP contribution in [0.4, 0.5) is 36.8 Å². The third-order valence-corrected chi connectivity index (χ3v) is 7.72. The van der Waals surface area contributed by atoms with Crippen LogP contribution in [0, 0.1) is 17.6 Å².